The molecular formula is C10H20N2O5S. The summed E-state index contributed by atoms with van der Waals surface area (Å²) in [4.78, 5) is 11.0. The minimum atomic E-state index is -3.98. The van der Waals surface area contributed by atoms with Gasteiger partial charge in [-0.3, -0.25) is 0 Å². The van der Waals surface area contributed by atoms with E-state index in [4.69, 9.17) is 0 Å². The van der Waals surface area contributed by atoms with Gasteiger partial charge in [0.2, 0.25) is 0 Å². The lowest BCUT2D eigenvalue weighted by molar-refractivity contribution is 0.00936. The van der Waals surface area contributed by atoms with Crippen molar-refractivity contribution in [1.29, 1.82) is 0 Å². The lowest BCUT2D eigenvalue weighted by atomic mass is 9.85. The Hall–Kier alpha value is -0.860. The van der Waals surface area contributed by atoms with Crippen molar-refractivity contribution in [3.8, 4) is 0 Å². The smallest absolute Gasteiger partial charge is 0.421 e. The lowest BCUT2D eigenvalue weighted by Crippen LogP contribution is -2.48. The van der Waals surface area contributed by atoms with E-state index in [9.17, 15) is 18.3 Å². The highest BCUT2D eigenvalue weighted by molar-refractivity contribution is 7.88. The van der Waals surface area contributed by atoms with Crippen molar-refractivity contribution in [2.45, 2.75) is 44.6 Å². The number of amides is 1. The number of rotatable bonds is 5. The van der Waals surface area contributed by atoms with Gasteiger partial charge in [0.05, 0.1) is 12.2 Å². The average Bonchev–Trinajstić information content (AvgIpc) is 2.27. The van der Waals surface area contributed by atoms with Crippen LogP contribution in [0.15, 0.2) is 0 Å². The maximum absolute atomic E-state index is 11.5. The number of carbonyl (C=O) groups is 1. The maximum atomic E-state index is 11.5. The minimum absolute atomic E-state index is 0.0886. The van der Waals surface area contributed by atoms with Gasteiger partial charge in [0, 0.05) is 6.54 Å². The maximum Gasteiger partial charge on any atom is 0.421 e. The van der Waals surface area contributed by atoms with Gasteiger partial charge in [-0.05, 0) is 19.8 Å². The Morgan fingerprint density at radius 3 is 2.50 bits per heavy atom. The van der Waals surface area contributed by atoms with E-state index in [2.05, 4.69) is 9.46 Å². The fraction of sp³-hybridized carbons (Fsp3) is 0.900. The third-order valence-corrected chi connectivity index (χ3v) is 3.83. The van der Waals surface area contributed by atoms with Crippen molar-refractivity contribution < 1.29 is 23.1 Å². The largest absolute Gasteiger partial charge is 0.449 e. The van der Waals surface area contributed by atoms with Crippen LogP contribution in [0.4, 0.5) is 4.79 Å². The van der Waals surface area contributed by atoms with Crippen LogP contribution in [0.1, 0.15) is 39.0 Å². The molecule has 1 rings (SSSR count). The van der Waals surface area contributed by atoms with Gasteiger partial charge < -0.3 is 9.84 Å². The van der Waals surface area contributed by atoms with Crippen molar-refractivity contribution in [3.05, 3.63) is 0 Å². The zero-order valence-corrected chi connectivity index (χ0v) is 11.3. The molecule has 106 valence electrons. The molecule has 1 amide bonds. The second kappa shape index (κ2) is 6.35. The Morgan fingerprint density at radius 1 is 1.33 bits per heavy atom. The molecule has 1 saturated carbocycles. The van der Waals surface area contributed by atoms with E-state index < -0.39 is 21.9 Å². The van der Waals surface area contributed by atoms with Gasteiger partial charge in [0.1, 0.15) is 0 Å². The molecule has 0 saturated heterocycles. The summed E-state index contributed by atoms with van der Waals surface area (Å²) < 4.78 is 31.3. The molecule has 0 atom stereocenters. The lowest BCUT2D eigenvalue weighted by Gasteiger charge is -2.31. The van der Waals surface area contributed by atoms with Gasteiger partial charge in [-0.15, -0.1) is 0 Å². The van der Waals surface area contributed by atoms with Gasteiger partial charge in [0.25, 0.3) is 0 Å². The van der Waals surface area contributed by atoms with Gasteiger partial charge in [0.15, 0.2) is 0 Å². The normalized spacial score (nSPS) is 19.2. The fourth-order valence-corrected chi connectivity index (χ4v) is 2.73. The van der Waals surface area contributed by atoms with Crippen LogP contribution >= 0.6 is 0 Å². The van der Waals surface area contributed by atoms with Crippen LogP contribution in [0, 0.1) is 0 Å². The molecule has 1 aliphatic rings. The summed E-state index contributed by atoms with van der Waals surface area (Å²) in [5.41, 5.74) is -1.01. The highest BCUT2D eigenvalue weighted by atomic mass is 32.2. The van der Waals surface area contributed by atoms with Crippen LogP contribution in [0.5, 0.6) is 0 Å². The molecule has 1 aliphatic carbocycles. The van der Waals surface area contributed by atoms with Crippen molar-refractivity contribution in [3.63, 3.8) is 0 Å². The molecular weight excluding hydrogens is 260 g/mol. The molecule has 0 aromatic rings. The first-order valence-electron chi connectivity index (χ1n) is 6.03. The first-order chi connectivity index (χ1) is 8.37. The molecule has 1 fully saturated rings. The highest BCUT2D eigenvalue weighted by Gasteiger charge is 2.30. The molecule has 0 unspecified atom stereocenters. The molecule has 0 aliphatic heterocycles. The van der Waals surface area contributed by atoms with E-state index in [1.807, 2.05) is 0 Å². The van der Waals surface area contributed by atoms with Gasteiger partial charge in [-0.1, -0.05) is 19.3 Å². The van der Waals surface area contributed by atoms with Crippen LogP contribution in [-0.2, 0) is 14.9 Å². The van der Waals surface area contributed by atoms with E-state index >= 15 is 0 Å². The van der Waals surface area contributed by atoms with Crippen molar-refractivity contribution in [2.75, 3.05) is 13.2 Å². The van der Waals surface area contributed by atoms with Crippen LogP contribution < -0.4 is 9.44 Å². The standard InChI is InChI=1S/C10H20N2O5S/c1-2-17-9(13)12-18(15,16)11-8-10(14)6-4-3-5-7-10/h11,14H,2-8H2,1H3,(H,12,13). The molecule has 0 spiro atoms. The number of carbonyl (C=O) groups excluding carboxylic acids is 1. The van der Waals surface area contributed by atoms with Gasteiger partial charge in [-0.25, -0.2) is 9.52 Å². The SMILES string of the molecule is CCOC(=O)NS(=O)(=O)NCC1(O)CCCCC1. The van der Waals surface area contributed by atoms with Gasteiger partial charge >= 0.3 is 16.3 Å². The predicted octanol–water partition coefficient (Wildman–Crippen LogP) is 0.262. The molecule has 8 heteroatoms. The predicted molar refractivity (Wildman–Crippen MR) is 65.1 cm³/mol. The van der Waals surface area contributed by atoms with E-state index in [-0.39, 0.29) is 13.2 Å². The number of hydrogen-bond acceptors (Lipinski definition) is 5. The second-order valence-electron chi connectivity index (χ2n) is 4.43. The first-order valence-corrected chi connectivity index (χ1v) is 7.52. The number of hydrogen-bond donors (Lipinski definition) is 3. The monoisotopic (exact) mass is 280 g/mol. The number of ether oxygens (including phenoxy) is 1. The summed E-state index contributed by atoms with van der Waals surface area (Å²) in [6.07, 6.45) is 2.91. The minimum Gasteiger partial charge on any atom is -0.449 e. The zero-order chi connectivity index (χ0) is 13.6. The van der Waals surface area contributed by atoms with Crippen LogP contribution in [0.3, 0.4) is 0 Å². The second-order valence-corrected chi connectivity index (χ2v) is 5.93. The first kappa shape index (κ1) is 15.2. The van der Waals surface area contributed by atoms with Crippen LogP contribution in [0.2, 0.25) is 0 Å². The molecule has 3 N–H and O–H groups in total. The summed E-state index contributed by atoms with van der Waals surface area (Å²) in [7, 11) is -3.98. The molecule has 0 radical (unpaired) electrons. The number of aliphatic hydroxyl groups is 1. The van der Waals surface area contributed by atoms with Crippen molar-refractivity contribution >= 4 is 16.3 Å². The third kappa shape index (κ3) is 5.19. The summed E-state index contributed by atoms with van der Waals surface area (Å²) in [6.45, 7) is 1.57. The van der Waals surface area contributed by atoms with Crippen molar-refractivity contribution in [2.24, 2.45) is 0 Å². The Balaban J connectivity index is 2.43. The fourth-order valence-electron chi connectivity index (χ4n) is 1.92. The summed E-state index contributed by atoms with van der Waals surface area (Å²) >= 11 is 0. The van der Waals surface area contributed by atoms with Crippen LogP contribution in [0.25, 0.3) is 0 Å². The summed E-state index contributed by atoms with van der Waals surface area (Å²) in [5.74, 6) is 0. The Bertz CT molecular complexity index is 376. The van der Waals surface area contributed by atoms with E-state index in [1.54, 1.807) is 11.6 Å². The molecule has 0 bridgehead atoms. The third-order valence-electron chi connectivity index (χ3n) is 2.87. The highest BCUT2D eigenvalue weighted by Crippen LogP contribution is 2.27. The molecule has 0 aromatic heterocycles. The number of nitrogens with one attached hydrogen (secondary N) is 2. The average molecular weight is 280 g/mol. The molecule has 0 aromatic carbocycles. The quantitative estimate of drug-likeness (QED) is 0.670. The molecule has 18 heavy (non-hydrogen) atoms. The topological polar surface area (TPSA) is 105 Å². The Kier molecular flexibility index (Phi) is 5.36. The Labute approximate surface area is 107 Å². The zero-order valence-electron chi connectivity index (χ0n) is 10.4. The van der Waals surface area contributed by atoms with Gasteiger partial charge in [-0.2, -0.15) is 13.1 Å². The summed E-state index contributed by atoms with van der Waals surface area (Å²) in [5, 5.41) is 10.1. The Morgan fingerprint density at radius 2 is 1.94 bits per heavy atom. The van der Waals surface area contributed by atoms with E-state index in [0.29, 0.717) is 12.8 Å². The van der Waals surface area contributed by atoms with Crippen LogP contribution in [-0.4, -0.2) is 38.4 Å². The van der Waals surface area contributed by atoms with E-state index in [1.165, 1.54) is 0 Å². The van der Waals surface area contributed by atoms with Crippen molar-refractivity contribution in [1.82, 2.24) is 9.44 Å². The summed E-state index contributed by atoms with van der Waals surface area (Å²) in [6, 6.07) is 0. The molecule has 0 heterocycles. The molecule has 7 nitrogen and oxygen atoms in total. The van der Waals surface area contributed by atoms with E-state index in [0.717, 1.165) is 19.3 Å².